The average Bonchev–Trinajstić information content (AvgIpc) is 2.87. The van der Waals surface area contributed by atoms with Gasteiger partial charge < -0.3 is 14.5 Å². The largest absolute Gasteiger partial charge is 0.384 e. The molecule has 5 nitrogen and oxygen atoms in total. The molecule has 19 heavy (non-hydrogen) atoms. The first-order valence-corrected chi connectivity index (χ1v) is 7.38. The Morgan fingerprint density at radius 1 is 1.16 bits per heavy atom. The molecule has 2 amide bonds. The SMILES string of the molecule is COCC1CCN(C(=O)N2CCN(C(C)C)CC2)C1. The molecule has 0 spiro atoms. The Bertz CT molecular complexity index is 301. The van der Waals surface area contributed by atoms with Crippen LogP contribution in [-0.2, 0) is 4.74 Å². The fourth-order valence-corrected chi connectivity index (χ4v) is 3.01. The molecule has 1 atom stereocenters. The Balaban J connectivity index is 1.79. The number of nitrogens with zero attached hydrogens (tertiary/aromatic N) is 3. The van der Waals surface area contributed by atoms with E-state index < -0.39 is 0 Å². The molecule has 2 aliphatic heterocycles. The number of amides is 2. The first-order valence-electron chi connectivity index (χ1n) is 7.38. The van der Waals surface area contributed by atoms with Crippen molar-refractivity contribution in [1.82, 2.24) is 14.7 Å². The molecular weight excluding hydrogens is 242 g/mol. The van der Waals surface area contributed by atoms with Gasteiger partial charge in [0.05, 0.1) is 6.61 Å². The van der Waals surface area contributed by atoms with Crippen LogP contribution in [0.15, 0.2) is 0 Å². The van der Waals surface area contributed by atoms with E-state index in [2.05, 4.69) is 18.7 Å². The highest BCUT2D eigenvalue weighted by atomic mass is 16.5. The van der Waals surface area contributed by atoms with Gasteiger partial charge in [-0.3, -0.25) is 4.90 Å². The number of hydrogen-bond donors (Lipinski definition) is 0. The summed E-state index contributed by atoms with van der Waals surface area (Å²) in [5.41, 5.74) is 0. The Kier molecular flexibility index (Phi) is 5.05. The Labute approximate surface area is 116 Å². The van der Waals surface area contributed by atoms with Gasteiger partial charge in [0.25, 0.3) is 0 Å². The zero-order valence-electron chi connectivity index (χ0n) is 12.5. The lowest BCUT2D eigenvalue weighted by molar-refractivity contribution is 0.100. The van der Waals surface area contributed by atoms with Gasteiger partial charge in [-0.2, -0.15) is 0 Å². The summed E-state index contributed by atoms with van der Waals surface area (Å²) in [6.45, 7) is 10.7. The summed E-state index contributed by atoms with van der Waals surface area (Å²) in [6.07, 6.45) is 1.07. The van der Waals surface area contributed by atoms with E-state index in [1.807, 2.05) is 9.80 Å². The number of rotatable bonds is 3. The second-order valence-corrected chi connectivity index (χ2v) is 5.96. The third-order valence-electron chi connectivity index (χ3n) is 4.27. The van der Waals surface area contributed by atoms with Crippen LogP contribution in [0.2, 0.25) is 0 Å². The maximum atomic E-state index is 12.4. The normalized spacial score (nSPS) is 25.4. The number of ether oxygens (including phenoxy) is 1. The fourth-order valence-electron chi connectivity index (χ4n) is 3.01. The zero-order chi connectivity index (χ0) is 13.8. The molecule has 2 rings (SSSR count). The Hall–Kier alpha value is -0.810. The molecule has 0 aliphatic carbocycles. The minimum absolute atomic E-state index is 0.224. The van der Waals surface area contributed by atoms with Crippen molar-refractivity contribution in [2.24, 2.45) is 5.92 Å². The quantitative estimate of drug-likeness (QED) is 0.770. The number of piperazine rings is 1. The van der Waals surface area contributed by atoms with Gasteiger partial charge in [-0.1, -0.05) is 0 Å². The number of carbonyl (C=O) groups excluding carboxylic acids is 1. The van der Waals surface area contributed by atoms with Gasteiger partial charge in [0.1, 0.15) is 0 Å². The number of urea groups is 1. The summed E-state index contributed by atoms with van der Waals surface area (Å²) in [5, 5.41) is 0. The van der Waals surface area contributed by atoms with Crippen molar-refractivity contribution in [3.8, 4) is 0 Å². The van der Waals surface area contributed by atoms with Gasteiger partial charge in [0, 0.05) is 58.3 Å². The minimum atomic E-state index is 0.224. The van der Waals surface area contributed by atoms with Crippen LogP contribution in [0.25, 0.3) is 0 Å². The van der Waals surface area contributed by atoms with Crippen LogP contribution in [0.3, 0.4) is 0 Å². The van der Waals surface area contributed by atoms with Crippen molar-refractivity contribution >= 4 is 6.03 Å². The van der Waals surface area contributed by atoms with E-state index in [-0.39, 0.29) is 6.03 Å². The molecule has 0 aromatic carbocycles. The standard InChI is InChI=1S/C14H27N3O2/c1-12(2)15-6-8-16(9-7-15)14(18)17-5-4-13(10-17)11-19-3/h12-13H,4-11H2,1-3H3. The molecule has 2 aliphatic rings. The van der Waals surface area contributed by atoms with Crippen molar-refractivity contribution in [3.63, 3.8) is 0 Å². The van der Waals surface area contributed by atoms with E-state index >= 15 is 0 Å². The summed E-state index contributed by atoms with van der Waals surface area (Å²) in [5.74, 6) is 0.519. The summed E-state index contributed by atoms with van der Waals surface area (Å²) in [7, 11) is 1.73. The number of likely N-dealkylation sites (tertiary alicyclic amines) is 1. The topological polar surface area (TPSA) is 36.0 Å². The third kappa shape index (κ3) is 3.60. The van der Waals surface area contributed by atoms with Gasteiger partial charge >= 0.3 is 6.03 Å². The summed E-state index contributed by atoms with van der Waals surface area (Å²) >= 11 is 0. The van der Waals surface area contributed by atoms with Gasteiger partial charge in [0.15, 0.2) is 0 Å². The van der Waals surface area contributed by atoms with Gasteiger partial charge in [-0.25, -0.2) is 4.79 Å². The molecule has 0 aromatic heterocycles. The molecule has 2 heterocycles. The summed E-state index contributed by atoms with van der Waals surface area (Å²) in [6, 6.07) is 0.803. The molecule has 5 heteroatoms. The first-order chi connectivity index (χ1) is 9.11. The highest BCUT2D eigenvalue weighted by Gasteiger charge is 2.31. The lowest BCUT2D eigenvalue weighted by atomic mass is 10.1. The monoisotopic (exact) mass is 269 g/mol. The van der Waals surface area contributed by atoms with Crippen LogP contribution in [0.1, 0.15) is 20.3 Å². The molecule has 0 N–H and O–H groups in total. The third-order valence-corrected chi connectivity index (χ3v) is 4.27. The molecule has 1 unspecified atom stereocenters. The number of methoxy groups -OCH3 is 1. The highest BCUT2D eigenvalue weighted by molar-refractivity contribution is 5.74. The summed E-state index contributed by atoms with van der Waals surface area (Å²) < 4.78 is 5.18. The minimum Gasteiger partial charge on any atom is -0.384 e. The predicted octanol–water partition coefficient (Wildman–Crippen LogP) is 1.10. The van der Waals surface area contributed by atoms with Crippen LogP contribution in [0, 0.1) is 5.92 Å². The number of carbonyl (C=O) groups is 1. The van der Waals surface area contributed by atoms with Crippen molar-refractivity contribution in [2.45, 2.75) is 26.3 Å². The molecule has 110 valence electrons. The predicted molar refractivity (Wildman–Crippen MR) is 75.2 cm³/mol. The maximum absolute atomic E-state index is 12.4. The molecule has 0 bridgehead atoms. The fraction of sp³-hybridized carbons (Fsp3) is 0.929. The van der Waals surface area contributed by atoms with Gasteiger partial charge in [-0.15, -0.1) is 0 Å². The average molecular weight is 269 g/mol. The molecule has 0 saturated carbocycles. The van der Waals surface area contributed by atoms with Crippen LogP contribution in [0.5, 0.6) is 0 Å². The second-order valence-electron chi connectivity index (χ2n) is 5.96. The van der Waals surface area contributed by atoms with E-state index in [0.717, 1.165) is 52.3 Å². The van der Waals surface area contributed by atoms with E-state index in [0.29, 0.717) is 12.0 Å². The molecule has 0 aromatic rings. The molecule has 0 radical (unpaired) electrons. The second kappa shape index (κ2) is 6.57. The highest BCUT2D eigenvalue weighted by Crippen LogP contribution is 2.18. The van der Waals surface area contributed by atoms with Crippen LogP contribution < -0.4 is 0 Å². The number of hydrogen-bond acceptors (Lipinski definition) is 3. The van der Waals surface area contributed by atoms with E-state index in [9.17, 15) is 4.79 Å². The van der Waals surface area contributed by atoms with Crippen molar-refractivity contribution in [2.75, 3.05) is 53.0 Å². The van der Waals surface area contributed by atoms with Crippen molar-refractivity contribution in [3.05, 3.63) is 0 Å². The Morgan fingerprint density at radius 2 is 1.84 bits per heavy atom. The molecule has 2 saturated heterocycles. The molecular formula is C14H27N3O2. The molecule has 2 fully saturated rings. The smallest absolute Gasteiger partial charge is 0.320 e. The van der Waals surface area contributed by atoms with Gasteiger partial charge in [0.2, 0.25) is 0 Å². The van der Waals surface area contributed by atoms with Gasteiger partial charge in [-0.05, 0) is 20.3 Å². The maximum Gasteiger partial charge on any atom is 0.320 e. The zero-order valence-corrected chi connectivity index (χ0v) is 12.5. The van der Waals surface area contributed by atoms with E-state index in [1.165, 1.54) is 0 Å². The lowest BCUT2D eigenvalue weighted by Gasteiger charge is -2.38. The van der Waals surface area contributed by atoms with Crippen molar-refractivity contribution in [1.29, 1.82) is 0 Å². The lowest BCUT2D eigenvalue weighted by Crippen LogP contribution is -2.53. The summed E-state index contributed by atoms with van der Waals surface area (Å²) in [4.78, 5) is 18.9. The van der Waals surface area contributed by atoms with Crippen molar-refractivity contribution < 1.29 is 9.53 Å². The van der Waals surface area contributed by atoms with Crippen LogP contribution in [-0.4, -0.2) is 79.8 Å². The Morgan fingerprint density at radius 3 is 2.42 bits per heavy atom. The van der Waals surface area contributed by atoms with E-state index in [4.69, 9.17) is 4.74 Å². The van der Waals surface area contributed by atoms with Crippen LogP contribution >= 0.6 is 0 Å². The first kappa shape index (κ1) is 14.6. The van der Waals surface area contributed by atoms with E-state index in [1.54, 1.807) is 7.11 Å². The van der Waals surface area contributed by atoms with Crippen LogP contribution in [0.4, 0.5) is 4.79 Å².